The van der Waals surface area contributed by atoms with Crippen molar-refractivity contribution in [3.05, 3.63) is 23.8 Å². The van der Waals surface area contributed by atoms with Crippen LogP contribution in [0.2, 0.25) is 0 Å². The first-order valence-electron chi connectivity index (χ1n) is 6.55. The maximum Gasteiger partial charge on any atom is 0.130 e. The Morgan fingerprint density at radius 1 is 1.41 bits per heavy atom. The Morgan fingerprint density at radius 3 is 3.06 bits per heavy atom. The Balaban J connectivity index is 1.65. The van der Waals surface area contributed by atoms with Crippen LogP contribution in [0.5, 0.6) is 0 Å². The molecule has 2 aliphatic rings. The number of hydrogen-bond acceptors (Lipinski definition) is 4. The van der Waals surface area contributed by atoms with Crippen LogP contribution in [0.3, 0.4) is 0 Å². The molecular formula is C13H19N3O. The zero-order chi connectivity index (χ0) is 11.5. The van der Waals surface area contributed by atoms with Gasteiger partial charge in [-0.05, 0) is 18.9 Å². The van der Waals surface area contributed by atoms with Gasteiger partial charge in [0.1, 0.15) is 5.82 Å². The van der Waals surface area contributed by atoms with Gasteiger partial charge >= 0.3 is 0 Å². The van der Waals surface area contributed by atoms with E-state index in [9.17, 15) is 0 Å². The molecule has 0 spiro atoms. The second kappa shape index (κ2) is 5.10. The second-order valence-corrected chi connectivity index (χ2v) is 4.96. The molecule has 1 saturated carbocycles. The van der Waals surface area contributed by atoms with Gasteiger partial charge in [-0.3, -0.25) is 0 Å². The third-order valence-electron chi connectivity index (χ3n) is 3.68. The number of nitrogens with zero attached hydrogens (tertiary/aromatic N) is 2. The topological polar surface area (TPSA) is 47.0 Å². The minimum absolute atomic E-state index is 0.375. The van der Waals surface area contributed by atoms with E-state index in [2.05, 4.69) is 21.4 Å². The van der Waals surface area contributed by atoms with Crippen molar-refractivity contribution in [1.82, 2.24) is 15.3 Å². The smallest absolute Gasteiger partial charge is 0.130 e. The Kier molecular flexibility index (Phi) is 3.34. The molecule has 1 N–H and O–H groups in total. The summed E-state index contributed by atoms with van der Waals surface area (Å²) in [5, 5.41) is 3.44. The Labute approximate surface area is 102 Å². The lowest BCUT2D eigenvalue weighted by Gasteiger charge is -2.26. The number of nitrogens with one attached hydrogen (secondary N) is 1. The van der Waals surface area contributed by atoms with Gasteiger partial charge in [0.15, 0.2) is 0 Å². The predicted octanol–water partition coefficient (Wildman–Crippen LogP) is 1.27. The second-order valence-electron chi connectivity index (χ2n) is 4.96. The van der Waals surface area contributed by atoms with Gasteiger partial charge in [-0.25, -0.2) is 9.97 Å². The van der Waals surface area contributed by atoms with Crippen LogP contribution in [0.4, 0.5) is 0 Å². The van der Waals surface area contributed by atoms with Crippen LogP contribution < -0.4 is 5.32 Å². The van der Waals surface area contributed by atoms with Crippen molar-refractivity contribution in [2.75, 3.05) is 19.8 Å². The summed E-state index contributed by atoms with van der Waals surface area (Å²) < 4.78 is 5.45. The quantitative estimate of drug-likeness (QED) is 0.854. The molecule has 1 saturated heterocycles. The summed E-state index contributed by atoms with van der Waals surface area (Å²) in [6, 6.07) is 2.44. The first-order chi connectivity index (χ1) is 8.42. The van der Waals surface area contributed by atoms with Gasteiger partial charge in [0.2, 0.25) is 0 Å². The minimum Gasteiger partial charge on any atom is -0.379 e. The molecule has 17 heavy (non-hydrogen) atoms. The summed E-state index contributed by atoms with van der Waals surface area (Å²) in [5.41, 5.74) is 1.23. The van der Waals surface area contributed by atoms with E-state index >= 15 is 0 Å². The van der Waals surface area contributed by atoms with E-state index in [0.717, 1.165) is 32.0 Å². The molecule has 1 aromatic heterocycles. The fourth-order valence-electron chi connectivity index (χ4n) is 2.42. The fraction of sp³-hybridized carbons (Fsp3) is 0.692. The maximum atomic E-state index is 5.45. The highest BCUT2D eigenvalue weighted by atomic mass is 16.5. The summed E-state index contributed by atoms with van der Waals surface area (Å²) in [7, 11) is 0. The number of rotatable bonds is 3. The summed E-state index contributed by atoms with van der Waals surface area (Å²) >= 11 is 0. The van der Waals surface area contributed by atoms with Gasteiger partial charge in [0.25, 0.3) is 0 Å². The third-order valence-corrected chi connectivity index (χ3v) is 3.68. The molecule has 1 aromatic rings. The normalized spacial score (nSPS) is 25.5. The molecule has 1 unspecified atom stereocenters. The monoisotopic (exact) mass is 233 g/mol. The number of hydrogen-bond donors (Lipinski definition) is 1. The maximum absolute atomic E-state index is 5.45. The predicted molar refractivity (Wildman–Crippen MR) is 64.9 cm³/mol. The van der Waals surface area contributed by atoms with E-state index in [0.29, 0.717) is 12.0 Å². The van der Waals surface area contributed by atoms with E-state index in [1.807, 2.05) is 6.20 Å². The van der Waals surface area contributed by atoms with E-state index in [4.69, 9.17) is 4.74 Å². The van der Waals surface area contributed by atoms with Crippen molar-refractivity contribution in [1.29, 1.82) is 0 Å². The van der Waals surface area contributed by atoms with E-state index in [1.54, 1.807) is 0 Å². The average molecular weight is 233 g/mol. The number of aromatic nitrogens is 2. The standard InChI is InChI=1S/C13H19N3O/c1-2-10(3-1)12-4-5-15-13(16-12)8-11-9-17-7-6-14-11/h4-5,10-11,14H,1-3,6-9H2. The Morgan fingerprint density at radius 2 is 2.35 bits per heavy atom. The lowest BCUT2D eigenvalue weighted by Crippen LogP contribution is -2.42. The van der Waals surface area contributed by atoms with E-state index < -0.39 is 0 Å². The van der Waals surface area contributed by atoms with Crippen molar-refractivity contribution in [2.45, 2.75) is 37.6 Å². The lowest BCUT2D eigenvalue weighted by molar-refractivity contribution is 0.0763. The summed E-state index contributed by atoms with van der Waals surface area (Å²) in [4.78, 5) is 9.05. The Hall–Kier alpha value is -1.00. The van der Waals surface area contributed by atoms with Crippen molar-refractivity contribution in [3.8, 4) is 0 Å². The molecule has 0 bridgehead atoms. The average Bonchev–Trinajstić information content (AvgIpc) is 2.28. The van der Waals surface area contributed by atoms with Crippen LogP contribution in [-0.2, 0) is 11.2 Å². The van der Waals surface area contributed by atoms with Gasteiger partial charge in [-0.1, -0.05) is 6.42 Å². The van der Waals surface area contributed by atoms with E-state index in [1.165, 1.54) is 25.0 Å². The largest absolute Gasteiger partial charge is 0.379 e. The first-order valence-corrected chi connectivity index (χ1v) is 6.55. The number of ether oxygens (including phenoxy) is 1. The van der Waals surface area contributed by atoms with Gasteiger partial charge in [0.05, 0.1) is 13.2 Å². The number of morpholine rings is 1. The molecule has 4 nitrogen and oxygen atoms in total. The molecule has 1 aliphatic heterocycles. The van der Waals surface area contributed by atoms with Gasteiger partial charge < -0.3 is 10.1 Å². The van der Waals surface area contributed by atoms with Gasteiger partial charge in [-0.15, -0.1) is 0 Å². The lowest BCUT2D eigenvalue weighted by atomic mass is 9.83. The van der Waals surface area contributed by atoms with Gasteiger partial charge in [-0.2, -0.15) is 0 Å². The zero-order valence-electron chi connectivity index (χ0n) is 10.1. The van der Waals surface area contributed by atoms with Crippen LogP contribution in [0.15, 0.2) is 12.3 Å². The highest BCUT2D eigenvalue weighted by Gasteiger charge is 2.22. The van der Waals surface area contributed by atoms with Crippen LogP contribution in [-0.4, -0.2) is 35.8 Å². The molecule has 1 aliphatic carbocycles. The SMILES string of the molecule is c1cc(C2CCC2)nc(CC2COCCN2)n1. The van der Waals surface area contributed by atoms with Crippen LogP contribution in [0, 0.1) is 0 Å². The summed E-state index contributed by atoms with van der Waals surface area (Å²) in [5.74, 6) is 1.64. The van der Waals surface area contributed by atoms with Crippen molar-refractivity contribution >= 4 is 0 Å². The molecule has 4 heteroatoms. The molecule has 0 amide bonds. The van der Waals surface area contributed by atoms with Gasteiger partial charge in [0, 0.05) is 36.8 Å². The van der Waals surface area contributed by atoms with E-state index in [-0.39, 0.29) is 0 Å². The van der Waals surface area contributed by atoms with Crippen molar-refractivity contribution < 1.29 is 4.74 Å². The van der Waals surface area contributed by atoms with Crippen LogP contribution in [0.25, 0.3) is 0 Å². The molecule has 2 heterocycles. The molecule has 92 valence electrons. The highest BCUT2D eigenvalue weighted by molar-refractivity contribution is 5.11. The molecule has 3 rings (SSSR count). The first kappa shape index (κ1) is 11.1. The summed E-state index contributed by atoms with van der Waals surface area (Å²) in [6.45, 7) is 2.53. The molecule has 0 aromatic carbocycles. The third kappa shape index (κ3) is 2.64. The molecule has 0 radical (unpaired) electrons. The van der Waals surface area contributed by atoms with Crippen LogP contribution >= 0.6 is 0 Å². The Bertz CT molecular complexity index is 373. The van der Waals surface area contributed by atoms with Crippen LogP contribution in [0.1, 0.15) is 36.7 Å². The molecule has 2 fully saturated rings. The van der Waals surface area contributed by atoms with Crippen molar-refractivity contribution in [2.24, 2.45) is 0 Å². The summed E-state index contributed by atoms with van der Waals surface area (Å²) in [6.07, 6.45) is 6.71. The zero-order valence-corrected chi connectivity index (χ0v) is 10.1. The fourth-order valence-corrected chi connectivity index (χ4v) is 2.42. The minimum atomic E-state index is 0.375. The highest BCUT2D eigenvalue weighted by Crippen LogP contribution is 2.34. The molecular weight excluding hydrogens is 214 g/mol. The molecule has 1 atom stereocenters. The van der Waals surface area contributed by atoms with Crippen molar-refractivity contribution in [3.63, 3.8) is 0 Å².